The molecule has 0 N–H and O–H groups in total. The Kier molecular flexibility index (Phi) is 4.60. The van der Waals surface area contributed by atoms with Crippen LogP contribution in [0.5, 0.6) is 0 Å². The standard InChI is InChI=1S/C17H17FN6/c1-23(2)15-12-19-9-8-14(15)20-10-6-13-7-11-21-24(13)17-5-3-4-16(18)22-17/h3-5,7-12H,6H2,1-2H3. The van der Waals surface area contributed by atoms with Crippen LogP contribution in [0.1, 0.15) is 5.69 Å². The van der Waals surface area contributed by atoms with E-state index in [9.17, 15) is 4.39 Å². The third-order valence-electron chi connectivity index (χ3n) is 3.43. The van der Waals surface area contributed by atoms with Gasteiger partial charge in [-0.15, -0.1) is 0 Å². The molecule has 7 heteroatoms. The molecule has 0 aliphatic carbocycles. The minimum Gasteiger partial charge on any atom is -0.375 e. The number of hydrogen-bond donors (Lipinski definition) is 0. The third-order valence-corrected chi connectivity index (χ3v) is 3.43. The highest BCUT2D eigenvalue weighted by Gasteiger charge is 2.06. The number of aliphatic imine (C=N–C) groups is 1. The van der Waals surface area contributed by atoms with E-state index < -0.39 is 5.95 Å². The Bertz CT molecular complexity index is 856. The molecule has 3 rings (SSSR count). The predicted molar refractivity (Wildman–Crippen MR) is 91.7 cm³/mol. The van der Waals surface area contributed by atoms with Crippen molar-refractivity contribution in [2.45, 2.75) is 6.42 Å². The molecule has 6 nitrogen and oxygen atoms in total. The molecule has 0 amide bonds. The average molecular weight is 324 g/mol. The highest BCUT2D eigenvalue weighted by molar-refractivity contribution is 5.73. The second-order valence-corrected chi connectivity index (χ2v) is 5.33. The molecule has 3 aromatic heterocycles. The molecule has 122 valence electrons. The van der Waals surface area contributed by atoms with Gasteiger partial charge in [-0.25, -0.2) is 9.67 Å². The summed E-state index contributed by atoms with van der Waals surface area (Å²) in [6, 6.07) is 8.34. The van der Waals surface area contributed by atoms with Gasteiger partial charge in [0.1, 0.15) is 0 Å². The van der Waals surface area contributed by atoms with Crippen molar-refractivity contribution in [2.24, 2.45) is 4.99 Å². The van der Waals surface area contributed by atoms with E-state index in [4.69, 9.17) is 0 Å². The Morgan fingerprint density at radius 1 is 1.21 bits per heavy atom. The van der Waals surface area contributed by atoms with Crippen molar-refractivity contribution in [2.75, 3.05) is 19.0 Å². The summed E-state index contributed by atoms with van der Waals surface area (Å²) in [5.41, 5.74) is 2.65. The van der Waals surface area contributed by atoms with Gasteiger partial charge < -0.3 is 4.90 Å². The van der Waals surface area contributed by atoms with Gasteiger partial charge in [0.15, 0.2) is 5.82 Å². The predicted octanol–water partition coefficient (Wildman–Crippen LogP) is 2.81. The molecule has 0 unspecified atom stereocenters. The van der Waals surface area contributed by atoms with Gasteiger partial charge in [0.05, 0.1) is 23.3 Å². The molecule has 3 heterocycles. The molecule has 0 fully saturated rings. The molecule has 0 bridgehead atoms. The van der Waals surface area contributed by atoms with Crippen molar-refractivity contribution in [3.05, 3.63) is 60.6 Å². The first kappa shape index (κ1) is 15.8. The summed E-state index contributed by atoms with van der Waals surface area (Å²) < 4.78 is 14.9. The Morgan fingerprint density at radius 2 is 2.08 bits per heavy atom. The van der Waals surface area contributed by atoms with E-state index in [1.165, 1.54) is 6.07 Å². The molecular weight excluding hydrogens is 307 g/mol. The number of nitrogens with zero attached hydrogens (tertiary/aromatic N) is 6. The second-order valence-electron chi connectivity index (χ2n) is 5.33. The molecule has 0 atom stereocenters. The van der Waals surface area contributed by atoms with E-state index >= 15 is 0 Å². The van der Waals surface area contributed by atoms with E-state index in [2.05, 4.69) is 20.1 Å². The molecule has 0 aliphatic heterocycles. The molecule has 0 saturated heterocycles. The van der Waals surface area contributed by atoms with Gasteiger partial charge in [0.2, 0.25) is 5.95 Å². The lowest BCUT2D eigenvalue weighted by Gasteiger charge is -2.13. The van der Waals surface area contributed by atoms with Gasteiger partial charge in [0, 0.05) is 39.1 Å². The molecule has 0 spiro atoms. The Morgan fingerprint density at radius 3 is 2.88 bits per heavy atom. The number of pyridine rings is 2. The van der Waals surface area contributed by atoms with E-state index in [1.54, 1.807) is 41.6 Å². The zero-order valence-electron chi connectivity index (χ0n) is 13.5. The van der Waals surface area contributed by atoms with Crippen LogP contribution in [-0.4, -0.2) is 40.1 Å². The normalized spacial score (nSPS) is 11.1. The van der Waals surface area contributed by atoms with Gasteiger partial charge in [-0.05, 0) is 24.3 Å². The van der Waals surface area contributed by atoms with Crippen LogP contribution in [0.4, 0.5) is 15.8 Å². The topological polar surface area (TPSA) is 59.2 Å². The highest BCUT2D eigenvalue weighted by atomic mass is 19.1. The summed E-state index contributed by atoms with van der Waals surface area (Å²) in [6.07, 6.45) is 7.49. The van der Waals surface area contributed by atoms with Crippen LogP contribution in [0.2, 0.25) is 0 Å². The fraction of sp³-hybridized carbons (Fsp3) is 0.176. The van der Waals surface area contributed by atoms with Crippen LogP contribution in [0.3, 0.4) is 0 Å². The van der Waals surface area contributed by atoms with Crippen LogP contribution in [0.15, 0.2) is 53.9 Å². The van der Waals surface area contributed by atoms with Gasteiger partial charge >= 0.3 is 0 Å². The second kappa shape index (κ2) is 6.99. The fourth-order valence-electron chi connectivity index (χ4n) is 2.28. The Balaban J connectivity index is 1.80. The summed E-state index contributed by atoms with van der Waals surface area (Å²) in [4.78, 5) is 14.4. The van der Waals surface area contributed by atoms with Crippen molar-refractivity contribution in [3.63, 3.8) is 0 Å². The van der Waals surface area contributed by atoms with Crippen molar-refractivity contribution in [1.82, 2.24) is 19.7 Å². The zero-order valence-corrected chi connectivity index (χ0v) is 13.5. The Hall–Kier alpha value is -3.09. The maximum Gasteiger partial charge on any atom is 0.214 e. The van der Waals surface area contributed by atoms with Gasteiger partial charge in [-0.2, -0.15) is 9.49 Å². The summed E-state index contributed by atoms with van der Waals surface area (Å²) in [5, 5.41) is 4.21. The third kappa shape index (κ3) is 3.45. The molecule has 3 aromatic rings. The number of halogens is 1. The van der Waals surface area contributed by atoms with E-state index in [1.807, 2.05) is 31.1 Å². The van der Waals surface area contributed by atoms with E-state index in [0.29, 0.717) is 12.2 Å². The quantitative estimate of drug-likeness (QED) is 0.535. The minimum atomic E-state index is -0.532. The summed E-state index contributed by atoms with van der Waals surface area (Å²) >= 11 is 0. The van der Waals surface area contributed by atoms with E-state index in [0.717, 1.165) is 17.1 Å². The van der Waals surface area contributed by atoms with Gasteiger partial charge in [0.25, 0.3) is 0 Å². The summed E-state index contributed by atoms with van der Waals surface area (Å²) in [5.74, 6) is -0.0867. The van der Waals surface area contributed by atoms with Crippen molar-refractivity contribution in [1.29, 1.82) is 0 Å². The van der Waals surface area contributed by atoms with Gasteiger partial charge in [-0.3, -0.25) is 9.98 Å². The highest BCUT2D eigenvalue weighted by Crippen LogP contribution is 2.24. The molecule has 0 radical (unpaired) electrons. The first-order valence-corrected chi connectivity index (χ1v) is 7.45. The van der Waals surface area contributed by atoms with Crippen LogP contribution in [0, 0.1) is 5.95 Å². The maximum atomic E-state index is 13.3. The van der Waals surface area contributed by atoms with Crippen LogP contribution >= 0.6 is 0 Å². The van der Waals surface area contributed by atoms with Crippen molar-refractivity contribution < 1.29 is 4.39 Å². The lowest BCUT2D eigenvalue weighted by molar-refractivity contribution is 0.576. The van der Waals surface area contributed by atoms with Crippen LogP contribution < -0.4 is 4.90 Å². The van der Waals surface area contributed by atoms with Crippen molar-refractivity contribution >= 4 is 17.6 Å². The monoisotopic (exact) mass is 324 g/mol. The number of rotatable bonds is 5. The molecule has 24 heavy (non-hydrogen) atoms. The smallest absolute Gasteiger partial charge is 0.214 e. The molecular formula is C17H17FN6. The van der Waals surface area contributed by atoms with E-state index in [-0.39, 0.29) is 0 Å². The first-order chi connectivity index (χ1) is 11.6. The number of aromatic nitrogens is 4. The maximum absolute atomic E-state index is 13.3. The summed E-state index contributed by atoms with van der Waals surface area (Å²) in [7, 11) is 3.89. The molecule has 0 aliphatic rings. The summed E-state index contributed by atoms with van der Waals surface area (Å²) in [6.45, 7) is 0. The Labute approximate surface area is 139 Å². The largest absolute Gasteiger partial charge is 0.375 e. The number of hydrogen-bond acceptors (Lipinski definition) is 5. The first-order valence-electron chi connectivity index (χ1n) is 7.45. The molecule has 0 aromatic carbocycles. The minimum absolute atomic E-state index is 0.446. The van der Waals surface area contributed by atoms with Crippen LogP contribution in [0.25, 0.3) is 5.82 Å². The van der Waals surface area contributed by atoms with Gasteiger partial charge in [-0.1, -0.05) is 6.07 Å². The fourth-order valence-corrected chi connectivity index (χ4v) is 2.28. The SMILES string of the molecule is CN(C)c1cnccc1N=CCc1ccnn1-c1cccc(F)n1. The van der Waals surface area contributed by atoms with Crippen molar-refractivity contribution in [3.8, 4) is 5.82 Å². The lowest BCUT2D eigenvalue weighted by Crippen LogP contribution is -2.09. The average Bonchev–Trinajstić information content (AvgIpc) is 3.04. The number of anilines is 1. The molecule has 0 saturated carbocycles. The van der Waals surface area contributed by atoms with Crippen LogP contribution in [-0.2, 0) is 6.42 Å². The lowest BCUT2D eigenvalue weighted by atomic mass is 10.3. The zero-order chi connectivity index (χ0) is 16.9.